The minimum Gasteiger partial charge on any atom is -0.462 e. The molecule has 0 aliphatic heterocycles. The Morgan fingerprint density at radius 3 is 0.867 bits per heavy atom. The van der Waals surface area contributed by atoms with E-state index in [9.17, 15) is 19.0 Å². The lowest BCUT2D eigenvalue weighted by Gasteiger charge is -2.24. The molecule has 0 rings (SSSR count). The van der Waals surface area contributed by atoms with Gasteiger partial charge in [-0.2, -0.15) is 0 Å². The number of hydrogen-bond donors (Lipinski definition) is 1. The maximum absolute atomic E-state index is 12.9. The first-order chi connectivity index (χ1) is 48.0. The van der Waals surface area contributed by atoms with Gasteiger partial charge < -0.3 is 18.9 Å². The number of phosphoric acid groups is 1. The van der Waals surface area contributed by atoms with E-state index in [-0.39, 0.29) is 25.6 Å². The number of ether oxygens (including phenoxy) is 2. The van der Waals surface area contributed by atoms with Crippen molar-refractivity contribution in [3.05, 3.63) is 72.9 Å². The zero-order valence-corrected chi connectivity index (χ0v) is 66.7. The average molecular weight is 1400 g/mol. The minimum atomic E-state index is -4.40. The summed E-state index contributed by atoms with van der Waals surface area (Å²) >= 11 is 0. The predicted octanol–water partition coefficient (Wildman–Crippen LogP) is 28.6. The van der Waals surface area contributed by atoms with Gasteiger partial charge in [0.05, 0.1) is 27.7 Å². The molecule has 0 aliphatic rings. The van der Waals surface area contributed by atoms with Crippen LogP contribution < -0.4 is 0 Å². The van der Waals surface area contributed by atoms with Crippen molar-refractivity contribution in [3.8, 4) is 0 Å². The molecule has 0 aliphatic carbocycles. The fraction of sp³-hybridized carbons (Fsp3) is 0.841. The Balaban J connectivity index is 3.89. The number of carbonyl (C=O) groups excluding carboxylic acids is 2. The van der Waals surface area contributed by atoms with Crippen LogP contribution in [0.3, 0.4) is 0 Å². The summed E-state index contributed by atoms with van der Waals surface area (Å²) < 4.78 is 34.9. The van der Waals surface area contributed by atoms with E-state index < -0.39 is 26.5 Å². The molecular formula is C88H165NO8P+. The SMILES string of the molecule is CC/C=C\C/C=C\C/C=C\C/C=C\C/C=C\C/C=C\CCCCCCCCCCCCCCCCCCC(=O)OC(COC(=O)CCCCCCCCCCCCCCCCCCCCCCCCCCCCCCCCCCCCCCCCC)COP(=O)(O)OCC[N+](C)(C)C. The van der Waals surface area contributed by atoms with Crippen molar-refractivity contribution < 1.29 is 42.1 Å². The molecule has 0 amide bonds. The van der Waals surface area contributed by atoms with Gasteiger partial charge in [0.2, 0.25) is 0 Å². The number of nitrogens with zero attached hydrogens (tertiary/aromatic N) is 1. The highest BCUT2D eigenvalue weighted by molar-refractivity contribution is 7.47. The first-order valence-corrected chi connectivity index (χ1v) is 44.2. The Labute approximate surface area is 609 Å². The van der Waals surface area contributed by atoms with Crippen LogP contribution >= 0.6 is 7.82 Å². The second-order valence-corrected chi connectivity index (χ2v) is 31.7. The third-order valence-electron chi connectivity index (χ3n) is 19.3. The van der Waals surface area contributed by atoms with Gasteiger partial charge in [0, 0.05) is 12.8 Å². The van der Waals surface area contributed by atoms with Crippen molar-refractivity contribution in [3.63, 3.8) is 0 Å². The third-order valence-corrected chi connectivity index (χ3v) is 20.2. The van der Waals surface area contributed by atoms with Crippen molar-refractivity contribution in [2.75, 3.05) is 47.5 Å². The average Bonchev–Trinajstić information content (AvgIpc) is 1.08. The number of hydrogen-bond acceptors (Lipinski definition) is 7. The number of likely N-dealkylation sites (N-methyl/N-ethyl adjacent to an activating group) is 1. The molecule has 574 valence electrons. The lowest BCUT2D eigenvalue weighted by molar-refractivity contribution is -0.870. The number of rotatable bonds is 80. The molecule has 0 saturated carbocycles. The fourth-order valence-electron chi connectivity index (χ4n) is 12.8. The van der Waals surface area contributed by atoms with Gasteiger partial charge in [0.25, 0.3) is 0 Å². The van der Waals surface area contributed by atoms with Crippen molar-refractivity contribution in [1.82, 2.24) is 0 Å². The van der Waals surface area contributed by atoms with Crippen LogP contribution in [0.4, 0.5) is 0 Å². The van der Waals surface area contributed by atoms with Gasteiger partial charge in [-0.15, -0.1) is 0 Å². The minimum absolute atomic E-state index is 0.0327. The molecule has 0 fully saturated rings. The van der Waals surface area contributed by atoms with Crippen LogP contribution in [0.2, 0.25) is 0 Å². The zero-order valence-electron chi connectivity index (χ0n) is 65.8. The molecule has 0 radical (unpaired) electrons. The van der Waals surface area contributed by atoms with Crippen LogP contribution in [0.1, 0.15) is 425 Å². The number of esters is 2. The highest BCUT2D eigenvalue weighted by atomic mass is 31.2. The molecule has 98 heavy (non-hydrogen) atoms. The van der Waals surface area contributed by atoms with Gasteiger partial charge in [-0.05, 0) is 64.2 Å². The molecule has 0 bridgehead atoms. The number of unbranched alkanes of at least 4 members (excludes halogenated alkanes) is 54. The highest BCUT2D eigenvalue weighted by Gasteiger charge is 2.27. The van der Waals surface area contributed by atoms with E-state index in [1.807, 2.05) is 21.1 Å². The fourth-order valence-corrected chi connectivity index (χ4v) is 13.5. The van der Waals surface area contributed by atoms with Crippen molar-refractivity contribution in [2.45, 2.75) is 431 Å². The van der Waals surface area contributed by atoms with E-state index in [1.165, 1.54) is 321 Å². The zero-order chi connectivity index (χ0) is 71.1. The summed E-state index contributed by atoms with van der Waals surface area (Å²) in [6.07, 6.45) is 108. The van der Waals surface area contributed by atoms with Gasteiger partial charge in [-0.1, -0.05) is 421 Å². The molecule has 0 aromatic rings. The Morgan fingerprint density at radius 1 is 0.327 bits per heavy atom. The van der Waals surface area contributed by atoms with E-state index in [2.05, 4.69) is 86.8 Å². The summed E-state index contributed by atoms with van der Waals surface area (Å²) in [5, 5.41) is 0. The normalized spacial score (nSPS) is 13.3. The Kier molecular flexibility index (Phi) is 76.5. The predicted molar refractivity (Wildman–Crippen MR) is 427 cm³/mol. The molecule has 0 spiro atoms. The monoisotopic (exact) mass is 1400 g/mol. The van der Waals surface area contributed by atoms with E-state index in [4.69, 9.17) is 18.5 Å². The number of carbonyl (C=O) groups is 2. The number of quaternary nitrogens is 1. The molecule has 0 saturated heterocycles. The van der Waals surface area contributed by atoms with Crippen molar-refractivity contribution >= 4 is 19.8 Å². The molecule has 2 unspecified atom stereocenters. The number of phosphoric ester groups is 1. The van der Waals surface area contributed by atoms with Gasteiger partial charge in [-0.25, -0.2) is 4.57 Å². The largest absolute Gasteiger partial charge is 0.472 e. The third kappa shape index (κ3) is 82.4. The highest BCUT2D eigenvalue weighted by Crippen LogP contribution is 2.43. The summed E-state index contributed by atoms with van der Waals surface area (Å²) in [4.78, 5) is 36.0. The van der Waals surface area contributed by atoms with E-state index >= 15 is 0 Å². The Morgan fingerprint density at radius 2 is 0.582 bits per heavy atom. The van der Waals surface area contributed by atoms with Gasteiger partial charge in [-0.3, -0.25) is 18.6 Å². The maximum Gasteiger partial charge on any atom is 0.472 e. The molecule has 0 aromatic heterocycles. The second kappa shape index (κ2) is 78.6. The Hall–Kier alpha value is -2.55. The van der Waals surface area contributed by atoms with E-state index in [0.29, 0.717) is 23.9 Å². The summed E-state index contributed by atoms with van der Waals surface area (Å²) in [6, 6.07) is 0. The van der Waals surface area contributed by atoms with Gasteiger partial charge in [0.15, 0.2) is 6.10 Å². The molecule has 0 heterocycles. The maximum atomic E-state index is 12.9. The van der Waals surface area contributed by atoms with Crippen molar-refractivity contribution in [2.24, 2.45) is 0 Å². The van der Waals surface area contributed by atoms with E-state index in [1.54, 1.807) is 0 Å². The van der Waals surface area contributed by atoms with Crippen molar-refractivity contribution in [1.29, 1.82) is 0 Å². The Bertz CT molecular complexity index is 1890. The smallest absolute Gasteiger partial charge is 0.462 e. The van der Waals surface area contributed by atoms with Gasteiger partial charge in [0.1, 0.15) is 19.8 Å². The van der Waals surface area contributed by atoms with Crippen LogP contribution in [-0.4, -0.2) is 74.9 Å². The second-order valence-electron chi connectivity index (χ2n) is 30.2. The standard InChI is InChI=1S/C88H164NO8P/c1-6-8-10-12-14-16-18-20-22-24-26-28-30-32-34-36-38-40-42-43-44-45-47-48-50-52-54-56-58-60-62-64-66-68-70-72-74-76-78-80-87(90)94-84-86(85-96-98(92,93)95-83-82-89(3,4)5)97-88(91)81-79-77-75-73-71-69-67-65-63-61-59-57-55-53-51-49-46-41-39-37-35-33-31-29-27-25-23-21-19-17-15-13-11-9-7-2/h9,11,15,17,21,23,27,29,33,35,39,41,86H,6-8,10,12-14,16,18-20,22,24-26,28,30-32,34,36-38,40,42-85H2,1-5H3/p+1/b11-9-,17-15-,23-21-,29-27-,35-33-,41-39-. The molecule has 9 nitrogen and oxygen atoms in total. The van der Waals surface area contributed by atoms with E-state index in [0.717, 1.165) is 70.6 Å². The van der Waals surface area contributed by atoms with Crippen LogP contribution in [0, 0.1) is 0 Å². The number of allylic oxidation sites excluding steroid dienone is 12. The van der Waals surface area contributed by atoms with Crippen LogP contribution in [0.15, 0.2) is 72.9 Å². The topological polar surface area (TPSA) is 108 Å². The van der Waals surface area contributed by atoms with Crippen LogP contribution in [0.25, 0.3) is 0 Å². The molecule has 2 atom stereocenters. The van der Waals surface area contributed by atoms with Crippen LogP contribution in [-0.2, 0) is 32.7 Å². The summed E-state index contributed by atoms with van der Waals surface area (Å²) in [5.74, 6) is -0.776. The van der Waals surface area contributed by atoms with Crippen LogP contribution in [0.5, 0.6) is 0 Å². The first-order valence-electron chi connectivity index (χ1n) is 42.7. The molecule has 0 aromatic carbocycles. The summed E-state index contributed by atoms with van der Waals surface area (Å²) in [5.41, 5.74) is 0. The quantitative estimate of drug-likeness (QED) is 0.0211. The lowest BCUT2D eigenvalue weighted by Crippen LogP contribution is -2.37. The summed E-state index contributed by atoms with van der Waals surface area (Å²) in [7, 11) is 1.50. The first kappa shape index (κ1) is 95.5. The molecular weight excluding hydrogens is 1230 g/mol. The molecule has 1 N–H and O–H groups in total. The van der Waals surface area contributed by atoms with Gasteiger partial charge >= 0.3 is 19.8 Å². The lowest BCUT2D eigenvalue weighted by atomic mass is 10.0. The summed E-state index contributed by atoms with van der Waals surface area (Å²) in [6.45, 7) is 4.39. The molecule has 10 heteroatoms.